The SMILES string of the molecule is CCCCCCCn1c(O)c(N=NCC(=O)Oc2ccc(Cl)cc2)c2ccccc21. The first-order chi connectivity index (χ1) is 14.6. The third-order valence-corrected chi connectivity index (χ3v) is 5.07. The Morgan fingerprint density at radius 2 is 1.80 bits per heavy atom. The highest BCUT2D eigenvalue weighted by atomic mass is 35.5. The largest absolute Gasteiger partial charge is 0.493 e. The van der Waals surface area contributed by atoms with E-state index in [1.807, 2.05) is 28.8 Å². The second-order valence-electron chi connectivity index (χ2n) is 7.08. The number of unbranched alkanes of at least 4 members (excludes halogenated alkanes) is 4. The van der Waals surface area contributed by atoms with Crippen molar-refractivity contribution in [3.8, 4) is 11.6 Å². The Hall–Kier alpha value is -2.86. The molecule has 0 aliphatic rings. The molecule has 0 aliphatic carbocycles. The van der Waals surface area contributed by atoms with E-state index in [4.69, 9.17) is 16.3 Å². The molecule has 30 heavy (non-hydrogen) atoms. The third-order valence-electron chi connectivity index (χ3n) is 4.82. The van der Waals surface area contributed by atoms with Gasteiger partial charge in [-0.1, -0.05) is 62.4 Å². The van der Waals surface area contributed by atoms with Crippen LogP contribution in [-0.4, -0.2) is 22.2 Å². The summed E-state index contributed by atoms with van der Waals surface area (Å²) in [6.07, 6.45) is 5.72. The number of aromatic hydroxyl groups is 1. The number of esters is 1. The van der Waals surface area contributed by atoms with Gasteiger partial charge in [0.2, 0.25) is 5.88 Å². The summed E-state index contributed by atoms with van der Waals surface area (Å²) < 4.78 is 7.06. The number of halogens is 1. The van der Waals surface area contributed by atoms with Crippen LogP contribution in [0.2, 0.25) is 5.02 Å². The molecule has 0 atom stereocenters. The molecule has 3 rings (SSSR count). The lowest BCUT2D eigenvalue weighted by atomic mass is 10.1. The van der Waals surface area contributed by atoms with E-state index in [-0.39, 0.29) is 12.4 Å². The van der Waals surface area contributed by atoms with Gasteiger partial charge in [-0.3, -0.25) is 0 Å². The Morgan fingerprint density at radius 3 is 2.57 bits per heavy atom. The molecular weight excluding hydrogens is 402 g/mol. The highest BCUT2D eigenvalue weighted by molar-refractivity contribution is 6.30. The summed E-state index contributed by atoms with van der Waals surface area (Å²) in [6, 6.07) is 14.2. The van der Waals surface area contributed by atoms with E-state index in [0.717, 1.165) is 23.7 Å². The van der Waals surface area contributed by atoms with Gasteiger partial charge in [-0.15, -0.1) is 5.11 Å². The maximum atomic E-state index is 12.0. The fourth-order valence-electron chi connectivity index (χ4n) is 3.30. The van der Waals surface area contributed by atoms with Crippen LogP contribution in [0.1, 0.15) is 39.0 Å². The lowest BCUT2D eigenvalue weighted by Gasteiger charge is -2.06. The second-order valence-corrected chi connectivity index (χ2v) is 7.52. The van der Waals surface area contributed by atoms with Crippen molar-refractivity contribution in [1.29, 1.82) is 0 Å². The molecule has 6 nitrogen and oxygen atoms in total. The normalized spacial score (nSPS) is 11.4. The zero-order chi connectivity index (χ0) is 21.3. The van der Waals surface area contributed by atoms with Crippen LogP contribution in [0, 0.1) is 0 Å². The number of hydrogen-bond acceptors (Lipinski definition) is 5. The molecule has 1 aromatic heterocycles. The van der Waals surface area contributed by atoms with Gasteiger partial charge < -0.3 is 14.4 Å². The molecule has 0 unspecified atom stereocenters. The number of nitrogens with zero attached hydrogens (tertiary/aromatic N) is 3. The van der Waals surface area contributed by atoms with Gasteiger partial charge in [0.25, 0.3) is 0 Å². The number of hydrogen-bond donors (Lipinski definition) is 1. The van der Waals surface area contributed by atoms with Crippen LogP contribution in [-0.2, 0) is 11.3 Å². The first-order valence-electron chi connectivity index (χ1n) is 10.2. The van der Waals surface area contributed by atoms with Crippen molar-refractivity contribution in [1.82, 2.24) is 4.57 Å². The molecule has 0 saturated carbocycles. The first kappa shape index (κ1) is 21.8. The van der Waals surface area contributed by atoms with Gasteiger partial charge in [-0.2, -0.15) is 5.11 Å². The van der Waals surface area contributed by atoms with Gasteiger partial charge in [-0.25, -0.2) is 4.79 Å². The molecular formula is C23H26ClN3O3. The number of fused-ring (bicyclic) bond motifs is 1. The summed E-state index contributed by atoms with van der Waals surface area (Å²) in [6.45, 7) is 2.65. The quantitative estimate of drug-likeness (QED) is 0.170. The molecule has 0 amide bonds. The molecule has 3 aromatic rings. The Labute approximate surface area is 181 Å². The number of benzene rings is 2. The Balaban J connectivity index is 1.68. The van der Waals surface area contributed by atoms with E-state index in [0.29, 0.717) is 23.0 Å². The molecule has 0 bridgehead atoms. The summed E-state index contributed by atoms with van der Waals surface area (Å²) in [5.41, 5.74) is 1.28. The number of carbonyl (C=O) groups excluding carboxylic acids is 1. The minimum absolute atomic E-state index is 0.0708. The van der Waals surface area contributed by atoms with Crippen molar-refractivity contribution in [2.75, 3.05) is 6.54 Å². The van der Waals surface area contributed by atoms with Gasteiger partial charge in [0.1, 0.15) is 5.75 Å². The highest BCUT2D eigenvalue weighted by Crippen LogP contribution is 2.39. The zero-order valence-corrected chi connectivity index (χ0v) is 17.8. The smallest absolute Gasteiger partial charge is 0.335 e. The van der Waals surface area contributed by atoms with Crippen molar-refractivity contribution in [2.45, 2.75) is 45.6 Å². The standard InChI is InChI=1S/C23H26ClN3O3/c1-2-3-4-5-8-15-27-20-10-7-6-9-19(20)22(23(27)29)26-25-16-21(28)30-18-13-11-17(24)12-14-18/h6-7,9-14,29H,2-5,8,15-16H2,1H3. The van der Waals surface area contributed by atoms with Gasteiger partial charge in [0.15, 0.2) is 12.2 Å². The minimum atomic E-state index is -0.541. The second kappa shape index (κ2) is 10.8. The predicted octanol–water partition coefficient (Wildman–Crippen LogP) is 6.66. The van der Waals surface area contributed by atoms with Crippen LogP contribution in [0.4, 0.5) is 5.69 Å². The maximum absolute atomic E-state index is 12.0. The zero-order valence-electron chi connectivity index (χ0n) is 17.1. The summed E-state index contributed by atoms with van der Waals surface area (Å²) in [7, 11) is 0. The molecule has 1 heterocycles. The number of azo groups is 1. The monoisotopic (exact) mass is 427 g/mol. The van der Waals surface area contributed by atoms with Crippen molar-refractivity contribution < 1.29 is 14.6 Å². The summed E-state index contributed by atoms with van der Waals surface area (Å²) in [5, 5.41) is 20.2. The topological polar surface area (TPSA) is 76.2 Å². The number of rotatable bonds is 10. The maximum Gasteiger partial charge on any atom is 0.335 e. The fourth-order valence-corrected chi connectivity index (χ4v) is 3.43. The Kier molecular flexibility index (Phi) is 7.85. The number of aromatic nitrogens is 1. The van der Waals surface area contributed by atoms with E-state index in [9.17, 15) is 9.90 Å². The Morgan fingerprint density at radius 1 is 1.07 bits per heavy atom. The summed E-state index contributed by atoms with van der Waals surface area (Å²) in [5.74, 6) is -0.0798. The Bertz CT molecular complexity index is 1010. The average molecular weight is 428 g/mol. The van der Waals surface area contributed by atoms with Crippen LogP contribution in [0.3, 0.4) is 0 Å². The number of carbonyl (C=O) groups is 1. The van der Waals surface area contributed by atoms with Crippen LogP contribution in [0.5, 0.6) is 11.6 Å². The van der Waals surface area contributed by atoms with Crippen LogP contribution in [0.25, 0.3) is 10.9 Å². The van der Waals surface area contributed by atoms with E-state index >= 15 is 0 Å². The molecule has 158 valence electrons. The van der Waals surface area contributed by atoms with Crippen LogP contribution >= 0.6 is 11.6 Å². The molecule has 0 fully saturated rings. The van der Waals surface area contributed by atoms with Crippen molar-refractivity contribution in [3.05, 3.63) is 53.6 Å². The molecule has 0 aliphatic heterocycles. The van der Waals surface area contributed by atoms with E-state index < -0.39 is 5.97 Å². The van der Waals surface area contributed by atoms with Gasteiger partial charge in [0, 0.05) is 17.0 Å². The van der Waals surface area contributed by atoms with E-state index in [1.54, 1.807) is 24.3 Å². The van der Waals surface area contributed by atoms with E-state index in [2.05, 4.69) is 17.2 Å². The molecule has 0 spiro atoms. The number of ether oxygens (including phenoxy) is 1. The molecule has 0 saturated heterocycles. The lowest BCUT2D eigenvalue weighted by molar-refractivity contribution is -0.132. The minimum Gasteiger partial charge on any atom is -0.493 e. The summed E-state index contributed by atoms with van der Waals surface area (Å²) in [4.78, 5) is 12.0. The van der Waals surface area contributed by atoms with Crippen molar-refractivity contribution in [3.63, 3.8) is 0 Å². The average Bonchev–Trinajstić information content (AvgIpc) is 3.01. The fraction of sp³-hybridized carbons (Fsp3) is 0.348. The van der Waals surface area contributed by atoms with Gasteiger partial charge in [-0.05, 0) is 36.8 Å². The molecule has 7 heteroatoms. The molecule has 1 N–H and O–H groups in total. The van der Waals surface area contributed by atoms with Crippen molar-refractivity contribution in [2.24, 2.45) is 10.2 Å². The van der Waals surface area contributed by atoms with E-state index in [1.165, 1.54) is 19.3 Å². The molecule has 2 aromatic carbocycles. The number of para-hydroxylation sites is 1. The lowest BCUT2D eigenvalue weighted by Crippen LogP contribution is -2.10. The van der Waals surface area contributed by atoms with Gasteiger partial charge in [0.05, 0.1) is 5.52 Å². The third kappa shape index (κ3) is 5.60. The van der Waals surface area contributed by atoms with Gasteiger partial charge >= 0.3 is 5.97 Å². The first-order valence-corrected chi connectivity index (χ1v) is 10.6. The molecule has 0 radical (unpaired) electrons. The highest BCUT2D eigenvalue weighted by Gasteiger charge is 2.16. The van der Waals surface area contributed by atoms with Crippen molar-refractivity contribution >= 4 is 34.2 Å². The predicted molar refractivity (Wildman–Crippen MR) is 119 cm³/mol. The summed E-state index contributed by atoms with van der Waals surface area (Å²) >= 11 is 5.82. The number of aryl methyl sites for hydroxylation is 1. The van der Waals surface area contributed by atoms with Crippen LogP contribution in [0.15, 0.2) is 58.8 Å². The van der Waals surface area contributed by atoms with Crippen LogP contribution < -0.4 is 4.74 Å².